The number of hydrogen-bond donors (Lipinski definition) is 0. The summed E-state index contributed by atoms with van der Waals surface area (Å²) in [7, 11) is 0. The minimum atomic E-state index is -0.215. The van der Waals surface area contributed by atoms with Crippen LogP contribution in [0, 0.1) is 18.3 Å². The number of hydrogen-bond acceptors (Lipinski definition) is 4. The van der Waals surface area contributed by atoms with Crippen LogP contribution in [-0.2, 0) is 17.8 Å². The van der Waals surface area contributed by atoms with Crippen molar-refractivity contribution in [2.75, 3.05) is 18.0 Å². The van der Waals surface area contributed by atoms with Gasteiger partial charge in [-0.25, -0.2) is 4.98 Å². The summed E-state index contributed by atoms with van der Waals surface area (Å²) < 4.78 is 5.86. The average Bonchev–Trinajstić information content (AvgIpc) is 2.39. The second-order valence-corrected chi connectivity index (χ2v) is 5.86. The molecule has 0 aromatic carbocycles. The lowest BCUT2D eigenvalue weighted by molar-refractivity contribution is -0.0405. The van der Waals surface area contributed by atoms with E-state index < -0.39 is 0 Å². The van der Waals surface area contributed by atoms with Crippen LogP contribution >= 0.6 is 0 Å². The van der Waals surface area contributed by atoms with Gasteiger partial charge < -0.3 is 9.64 Å². The van der Waals surface area contributed by atoms with Crippen molar-refractivity contribution in [1.82, 2.24) is 4.98 Å². The summed E-state index contributed by atoms with van der Waals surface area (Å²) in [6, 6.07) is 2.38. The van der Waals surface area contributed by atoms with Gasteiger partial charge in [-0.15, -0.1) is 0 Å². The molecule has 4 heteroatoms. The van der Waals surface area contributed by atoms with Gasteiger partial charge in [-0.2, -0.15) is 5.26 Å². The first-order valence-corrected chi connectivity index (χ1v) is 7.24. The van der Waals surface area contributed by atoms with Gasteiger partial charge in [0.05, 0.1) is 17.8 Å². The Morgan fingerprint density at radius 2 is 1.95 bits per heavy atom. The fraction of sp³-hybridized carbons (Fsp3) is 0.625. The van der Waals surface area contributed by atoms with E-state index in [1.165, 1.54) is 0 Å². The lowest BCUT2D eigenvalue weighted by Gasteiger charge is -2.34. The molecule has 2 rings (SSSR count). The van der Waals surface area contributed by atoms with E-state index in [0.29, 0.717) is 6.61 Å². The Morgan fingerprint density at radius 1 is 1.30 bits per heavy atom. The zero-order valence-electron chi connectivity index (χ0n) is 13.1. The van der Waals surface area contributed by atoms with E-state index in [9.17, 15) is 5.26 Å². The molecule has 0 N–H and O–H groups in total. The van der Waals surface area contributed by atoms with E-state index in [1.807, 2.05) is 6.92 Å². The van der Waals surface area contributed by atoms with E-state index in [-0.39, 0.29) is 5.60 Å². The number of nitriles is 1. The number of aromatic nitrogens is 1. The number of fused-ring (bicyclic) bond motifs is 1. The van der Waals surface area contributed by atoms with Gasteiger partial charge >= 0.3 is 0 Å². The lowest BCUT2D eigenvalue weighted by atomic mass is 9.88. The van der Waals surface area contributed by atoms with E-state index in [2.05, 4.69) is 43.6 Å². The van der Waals surface area contributed by atoms with Crippen molar-refractivity contribution in [1.29, 1.82) is 5.26 Å². The third-order valence-corrected chi connectivity index (χ3v) is 3.98. The molecule has 108 valence electrons. The molecule has 1 aliphatic rings. The van der Waals surface area contributed by atoms with Crippen molar-refractivity contribution in [3.05, 3.63) is 22.4 Å². The normalized spacial score (nSPS) is 16.4. The third-order valence-electron chi connectivity index (χ3n) is 3.98. The van der Waals surface area contributed by atoms with Crippen LogP contribution in [0.4, 0.5) is 5.82 Å². The molecular formula is C16H23N3O. The summed E-state index contributed by atoms with van der Waals surface area (Å²) in [6.07, 6.45) is 0.767. The Morgan fingerprint density at radius 3 is 2.50 bits per heavy atom. The molecule has 0 amide bonds. The summed E-state index contributed by atoms with van der Waals surface area (Å²) in [4.78, 5) is 6.82. The van der Waals surface area contributed by atoms with Crippen LogP contribution in [0.2, 0.25) is 0 Å². The molecule has 0 unspecified atom stereocenters. The van der Waals surface area contributed by atoms with Crippen LogP contribution in [-0.4, -0.2) is 23.7 Å². The predicted octanol–water partition coefficient (Wildman–Crippen LogP) is 2.96. The van der Waals surface area contributed by atoms with Crippen LogP contribution < -0.4 is 4.90 Å². The van der Waals surface area contributed by atoms with Crippen molar-refractivity contribution >= 4 is 5.82 Å². The fourth-order valence-corrected chi connectivity index (χ4v) is 2.79. The molecular weight excluding hydrogens is 250 g/mol. The Bertz CT molecular complexity index is 554. The third kappa shape index (κ3) is 2.51. The molecule has 4 nitrogen and oxygen atoms in total. The largest absolute Gasteiger partial charge is 0.370 e. The van der Waals surface area contributed by atoms with Crippen LogP contribution in [0.25, 0.3) is 0 Å². The molecule has 20 heavy (non-hydrogen) atoms. The zero-order valence-corrected chi connectivity index (χ0v) is 13.1. The van der Waals surface area contributed by atoms with Crippen LogP contribution in [0.5, 0.6) is 0 Å². The van der Waals surface area contributed by atoms with Crippen LogP contribution in [0.15, 0.2) is 0 Å². The SMILES string of the molecule is CCN(CC)c1nc(C)c2c(c1C#N)CC(C)(C)OC2. The highest BCUT2D eigenvalue weighted by Gasteiger charge is 2.31. The summed E-state index contributed by atoms with van der Waals surface area (Å²) in [5.41, 5.74) is 3.71. The Labute approximate surface area is 121 Å². The summed E-state index contributed by atoms with van der Waals surface area (Å²) >= 11 is 0. The maximum Gasteiger partial charge on any atom is 0.147 e. The van der Waals surface area contributed by atoms with Crippen LogP contribution in [0.1, 0.15) is 50.1 Å². The average molecular weight is 273 g/mol. The van der Waals surface area contributed by atoms with E-state index in [0.717, 1.165) is 47.7 Å². The molecule has 0 spiro atoms. The summed E-state index contributed by atoms with van der Waals surface area (Å²) in [6.45, 7) is 12.6. The molecule has 0 aliphatic carbocycles. The number of aryl methyl sites for hydroxylation is 1. The number of anilines is 1. The molecule has 0 atom stereocenters. The molecule has 1 aromatic heterocycles. The van der Waals surface area contributed by atoms with Crippen molar-refractivity contribution in [3.63, 3.8) is 0 Å². The first-order valence-electron chi connectivity index (χ1n) is 7.24. The molecule has 0 fully saturated rings. The molecule has 2 heterocycles. The Kier molecular flexibility index (Phi) is 4.01. The second-order valence-electron chi connectivity index (χ2n) is 5.86. The Balaban J connectivity index is 2.63. The highest BCUT2D eigenvalue weighted by Crippen LogP contribution is 2.34. The smallest absolute Gasteiger partial charge is 0.147 e. The molecule has 1 aromatic rings. The van der Waals surface area contributed by atoms with Crippen molar-refractivity contribution in [3.8, 4) is 6.07 Å². The number of nitrogens with zero attached hydrogens (tertiary/aromatic N) is 3. The lowest BCUT2D eigenvalue weighted by Crippen LogP contribution is -2.34. The van der Waals surface area contributed by atoms with Gasteiger partial charge in [0.2, 0.25) is 0 Å². The zero-order chi connectivity index (χ0) is 14.9. The Hall–Kier alpha value is -1.60. The number of ether oxygens (including phenoxy) is 1. The summed E-state index contributed by atoms with van der Waals surface area (Å²) in [5.74, 6) is 0.825. The molecule has 0 saturated carbocycles. The number of rotatable bonds is 3. The number of pyridine rings is 1. The first-order chi connectivity index (χ1) is 9.43. The highest BCUT2D eigenvalue weighted by atomic mass is 16.5. The van der Waals surface area contributed by atoms with Crippen molar-refractivity contribution < 1.29 is 4.74 Å². The van der Waals surface area contributed by atoms with Gasteiger partial charge in [-0.05, 0) is 40.2 Å². The highest BCUT2D eigenvalue weighted by molar-refractivity contribution is 5.61. The van der Waals surface area contributed by atoms with Gasteiger partial charge in [0, 0.05) is 30.8 Å². The maximum atomic E-state index is 9.62. The molecule has 0 saturated heterocycles. The fourth-order valence-electron chi connectivity index (χ4n) is 2.79. The van der Waals surface area contributed by atoms with Gasteiger partial charge in [-0.3, -0.25) is 0 Å². The van der Waals surface area contributed by atoms with E-state index in [1.54, 1.807) is 0 Å². The molecule has 1 aliphatic heterocycles. The maximum absolute atomic E-state index is 9.62. The summed E-state index contributed by atoms with van der Waals surface area (Å²) in [5, 5.41) is 9.62. The van der Waals surface area contributed by atoms with Gasteiger partial charge in [0.25, 0.3) is 0 Å². The molecule has 0 bridgehead atoms. The van der Waals surface area contributed by atoms with E-state index >= 15 is 0 Å². The topological polar surface area (TPSA) is 49.2 Å². The van der Waals surface area contributed by atoms with Crippen molar-refractivity contribution in [2.45, 2.75) is 53.2 Å². The van der Waals surface area contributed by atoms with Crippen LogP contribution in [0.3, 0.4) is 0 Å². The minimum Gasteiger partial charge on any atom is -0.370 e. The van der Waals surface area contributed by atoms with Gasteiger partial charge in [0.15, 0.2) is 0 Å². The predicted molar refractivity (Wildman–Crippen MR) is 79.8 cm³/mol. The van der Waals surface area contributed by atoms with Gasteiger partial charge in [-0.1, -0.05) is 0 Å². The van der Waals surface area contributed by atoms with Gasteiger partial charge in [0.1, 0.15) is 11.9 Å². The standard InChI is InChI=1S/C16H23N3O/c1-6-19(7-2)15-13(9-17)12-8-16(4,5)20-10-14(12)11(3)18-15/h6-8,10H2,1-5H3. The second kappa shape index (κ2) is 5.41. The monoisotopic (exact) mass is 273 g/mol. The molecule has 0 radical (unpaired) electrons. The van der Waals surface area contributed by atoms with E-state index in [4.69, 9.17) is 4.74 Å². The first kappa shape index (κ1) is 14.8. The van der Waals surface area contributed by atoms with Crippen molar-refractivity contribution in [2.24, 2.45) is 0 Å². The quantitative estimate of drug-likeness (QED) is 0.849. The minimum absolute atomic E-state index is 0.215.